The molecule has 36 heavy (non-hydrogen) atoms. The molecule has 0 saturated carbocycles. The van der Waals surface area contributed by atoms with Crippen LogP contribution in [0.5, 0.6) is 0 Å². The third-order valence-electron chi connectivity index (χ3n) is 7.03. The Morgan fingerprint density at radius 3 is 0.917 bits per heavy atom. The summed E-state index contributed by atoms with van der Waals surface area (Å²) in [5.74, 6) is -0.0515. The zero-order chi connectivity index (χ0) is 26.4. The van der Waals surface area contributed by atoms with E-state index in [1.807, 2.05) is 0 Å². The monoisotopic (exact) mass is 510 g/mol. The van der Waals surface area contributed by atoms with Crippen LogP contribution in [0.2, 0.25) is 0 Å². The molecule has 0 amide bonds. The summed E-state index contributed by atoms with van der Waals surface area (Å²) in [4.78, 5) is 23.6. The van der Waals surface area contributed by atoms with Crippen LogP contribution >= 0.6 is 0 Å². The van der Waals surface area contributed by atoms with Gasteiger partial charge in [-0.25, -0.2) is 0 Å². The molecular formula is C32H62O4. The van der Waals surface area contributed by atoms with Crippen LogP contribution < -0.4 is 0 Å². The number of rotatable bonds is 29. The summed E-state index contributed by atoms with van der Waals surface area (Å²) in [6, 6.07) is 0. The normalized spacial score (nSPS) is 11.1. The Morgan fingerprint density at radius 2 is 0.611 bits per heavy atom. The van der Waals surface area contributed by atoms with Gasteiger partial charge in [0, 0.05) is 12.8 Å². The Labute approximate surface area is 225 Å². The molecular weight excluding hydrogens is 448 g/mol. The molecule has 0 aromatic heterocycles. The predicted molar refractivity (Wildman–Crippen MR) is 153 cm³/mol. The number of unbranched alkanes of at least 4 members (excludes halogenated alkanes) is 21. The molecule has 0 aromatic carbocycles. The van der Waals surface area contributed by atoms with Crippen LogP contribution in [0.1, 0.15) is 181 Å². The molecule has 0 aliphatic rings. The van der Waals surface area contributed by atoms with Gasteiger partial charge in [0.2, 0.25) is 0 Å². The molecule has 0 spiro atoms. The molecule has 0 heterocycles. The van der Waals surface area contributed by atoms with Crippen molar-refractivity contribution in [2.75, 3.05) is 13.2 Å². The van der Waals surface area contributed by atoms with Crippen molar-refractivity contribution in [3.63, 3.8) is 0 Å². The topological polar surface area (TPSA) is 52.6 Å². The van der Waals surface area contributed by atoms with E-state index in [1.54, 1.807) is 0 Å². The van der Waals surface area contributed by atoms with E-state index in [9.17, 15) is 9.59 Å². The second-order valence-electron chi connectivity index (χ2n) is 10.7. The Kier molecular flexibility index (Phi) is 29.3. The highest BCUT2D eigenvalue weighted by atomic mass is 16.5. The lowest BCUT2D eigenvalue weighted by molar-refractivity contribution is -0.144. The minimum Gasteiger partial charge on any atom is -0.466 e. The fraction of sp³-hybridized carbons (Fsp3) is 0.938. The molecule has 0 saturated heterocycles. The Hall–Kier alpha value is -1.06. The third-order valence-corrected chi connectivity index (χ3v) is 7.03. The van der Waals surface area contributed by atoms with Gasteiger partial charge in [-0.3, -0.25) is 9.59 Å². The van der Waals surface area contributed by atoms with E-state index in [1.165, 1.54) is 89.9 Å². The molecule has 0 aromatic rings. The van der Waals surface area contributed by atoms with Gasteiger partial charge in [0.05, 0.1) is 13.2 Å². The first-order valence-corrected chi connectivity index (χ1v) is 16.0. The Morgan fingerprint density at radius 1 is 0.361 bits per heavy atom. The highest BCUT2D eigenvalue weighted by Gasteiger charge is 2.04. The first kappa shape index (κ1) is 34.9. The minimum atomic E-state index is -0.0258. The van der Waals surface area contributed by atoms with Crippen LogP contribution in [0.15, 0.2) is 0 Å². The van der Waals surface area contributed by atoms with Crippen LogP contribution in [0, 0.1) is 0 Å². The van der Waals surface area contributed by atoms with Crippen molar-refractivity contribution in [1.82, 2.24) is 0 Å². The minimum absolute atomic E-state index is 0.0258. The summed E-state index contributed by atoms with van der Waals surface area (Å²) in [7, 11) is 0. The summed E-state index contributed by atoms with van der Waals surface area (Å²) in [6.45, 7) is 5.63. The maximum atomic E-state index is 11.8. The van der Waals surface area contributed by atoms with Gasteiger partial charge in [-0.05, 0) is 25.7 Å². The first-order valence-electron chi connectivity index (χ1n) is 16.0. The second kappa shape index (κ2) is 30.2. The van der Waals surface area contributed by atoms with Crippen LogP contribution in [-0.4, -0.2) is 25.2 Å². The lowest BCUT2D eigenvalue weighted by Gasteiger charge is -2.06. The van der Waals surface area contributed by atoms with E-state index in [0.717, 1.165) is 64.2 Å². The molecule has 4 nitrogen and oxygen atoms in total. The van der Waals surface area contributed by atoms with Crippen LogP contribution in [-0.2, 0) is 19.1 Å². The van der Waals surface area contributed by atoms with Crippen molar-refractivity contribution in [1.29, 1.82) is 0 Å². The van der Waals surface area contributed by atoms with Crippen molar-refractivity contribution in [2.45, 2.75) is 181 Å². The number of hydrogen-bond acceptors (Lipinski definition) is 4. The second-order valence-corrected chi connectivity index (χ2v) is 10.7. The van der Waals surface area contributed by atoms with Gasteiger partial charge in [-0.15, -0.1) is 0 Å². The van der Waals surface area contributed by atoms with Gasteiger partial charge in [0.25, 0.3) is 0 Å². The third kappa shape index (κ3) is 29.2. The van der Waals surface area contributed by atoms with Gasteiger partial charge in [-0.1, -0.05) is 142 Å². The van der Waals surface area contributed by atoms with Crippen molar-refractivity contribution in [3.05, 3.63) is 0 Å². The fourth-order valence-corrected chi connectivity index (χ4v) is 4.59. The number of ether oxygens (including phenoxy) is 2. The molecule has 0 radical (unpaired) electrons. The molecule has 0 aliphatic carbocycles. The zero-order valence-corrected chi connectivity index (χ0v) is 24.4. The van der Waals surface area contributed by atoms with E-state index in [0.29, 0.717) is 26.1 Å². The van der Waals surface area contributed by atoms with E-state index in [2.05, 4.69) is 13.8 Å². The predicted octanol–water partition coefficient (Wildman–Crippen LogP) is 10.3. The smallest absolute Gasteiger partial charge is 0.305 e. The molecule has 0 atom stereocenters. The van der Waals surface area contributed by atoms with Crippen LogP contribution in [0.4, 0.5) is 0 Å². The molecule has 0 rings (SSSR count). The van der Waals surface area contributed by atoms with Crippen LogP contribution in [0.25, 0.3) is 0 Å². The maximum Gasteiger partial charge on any atom is 0.305 e. The highest BCUT2D eigenvalue weighted by Crippen LogP contribution is 2.12. The molecule has 0 fully saturated rings. The highest BCUT2D eigenvalue weighted by molar-refractivity contribution is 5.69. The lowest BCUT2D eigenvalue weighted by atomic mass is 10.1. The summed E-state index contributed by atoms with van der Waals surface area (Å²) in [5, 5.41) is 0. The number of carbonyl (C=O) groups is 2. The zero-order valence-electron chi connectivity index (χ0n) is 24.4. The molecule has 0 unspecified atom stereocenters. The summed E-state index contributed by atoms with van der Waals surface area (Å²) >= 11 is 0. The number of carbonyl (C=O) groups excluding carboxylic acids is 2. The molecule has 214 valence electrons. The van der Waals surface area contributed by atoms with E-state index in [4.69, 9.17) is 9.47 Å². The van der Waals surface area contributed by atoms with Crippen LogP contribution in [0.3, 0.4) is 0 Å². The van der Waals surface area contributed by atoms with E-state index in [-0.39, 0.29) is 11.9 Å². The SMILES string of the molecule is CCCCCCCCCCCC(=O)OCCCCCCCCOC(=O)CCCCCCCCCCC. The van der Waals surface area contributed by atoms with Gasteiger partial charge in [-0.2, -0.15) is 0 Å². The summed E-state index contributed by atoms with van der Waals surface area (Å²) < 4.78 is 10.7. The van der Waals surface area contributed by atoms with Crippen molar-refractivity contribution in [3.8, 4) is 0 Å². The average Bonchev–Trinajstić information content (AvgIpc) is 2.87. The average molecular weight is 511 g/mol. The molecule has 4 heteroatoms. The van der Waals surface area contributed by atoms with Crippen molar-refractivity contribution in [2.24, 2.45) is 0 Å². The first-order chi connectivity index (χ1) is 17.7. The van der Waals surface area contributed by atoms with E-state index >= 15 is 0 Å². The summed E-state index contributed by atoms with van der Waals surface area (Å²) in [6.07, 6.45) is 30.4. The van der Waals surface area contributed by atoms with Gasteiger partial charge in [0.1, 0.15) is 0 Å². The van der Waals surface area contributed by atoms with Gasteiger partial charge < -0.3 is 9.47 Å². The van der Waals surface area contributed by atoms with Crippen molar-refractivity contribution < 1.29 is 19.1 Å². The van der Waals surface area contributed by atoms with Gasteiger partial charge >= 0.3 is 11.9 Å². The van der Waals surface area contributed by atoms with Gasteiger partial charge in [0.15, 0.2) is 0 Å². The fourth-order valence-electron chi connectivity index (χ4n) is 4.59. The quantitative estimate of drug-likeness (QED) is 0.0741. The molecule has 0 N–H and O–H groups in total. The molecule has 0 bridgehead atoms. The van der Waals surface area contributed by atoms with Crippen molar-refractivity contribution >= 4 is 11.9 Å². The molecule has 0 aliphatic heterocycles. The Balaban J connectivity index is 3.24. The number of hydrogen-bond donors (Lipinski definition) is 0. The largest absolute Gasteiger partial charge is 0.466 e. The standard InChI is InChI=1S/C32H62O4/c1-3-5-7-9-11-13-15-19-23-27-31(33)35-29-25-21-17-18-22-26-30-36-32(34)28-24-20-16-14-12-10-8-6-4-2/h3-30H2,1-2H3. The number of esters is 2. The lowest BCUT2D eigenvalue weighted by Crippen LogP contribution is -2.06. The summed E-state index contributed by atoms with van der Waals surface area (Å²) in [5.41, 5.74) is 0. The Bertz CT molecular complexity index is 421. The maximum absolute atomic E-state index is 11.8. The van der Waals surface area contributed by atoms with E-state index < -0.39 is 0 Å².